The number of hydrogen-bond acceptors (Lipinski definition) is 4. The number of pyridine rings is 1. The quantitative estimate of drug-likeness (QED) is 0.875. The van der Waals surface area contributed by atoms with Crippen LogP contribution in [0.4, 0.5) is 0 Å². The van der Waals surface area contributed by atoms with Crippen LogP contribution in [0.3, 0.4) is 0 Å². The van der Waals surface area contributed by atoms with Gasteiger partial charge in [0.2, 0.25) is 5.91 Å². The summed E-state index contributed by atoms with van der Waals surface area (Å²) in [6, 6.07) is 3.89. The van der Waals surface area contributed by atoms with Crippen molar-refractivity contribution >= 4 is 17.2 Å². The van der Waals surface area contributed by atoms with Crippen molar-refractivity contribution < 1.29 is 4.79 Å². The Morgan fingerprint density at radius 2 is 2.24 bits per heavy atom. The molecule has 0 atom stereocenters. The number of aromatic nitrogens is 2. The summed E-state index contributed by atoms with van der Waals surface area (Å²) in [7, 11) is 0. The molecular formula is C16H19N3OS. The molecular weight excluding hydrogens is 282 g/mol. The maximum atomic E-state index is 12.3. The average molecular weight is 301 g/mol. The first-order valence-corrected chi connectivity index (χ1v) is 8.23. The zero-order valence-electron chi connectivity index (χ0n) is 12.2. The van der Waals surface area contributed by atoms with Crippen LogP contribution in [0, 0.1) is 5.92 Å². The monoisotopic (exact) mass is 301 g/mol. The molecule has 0 saturated carbocycles. The highest BCUT2D eigenvalue weighted by Gasteiger charge is 2.21. The summed E-state index contributed by atoms with van der Waals surface area (Å²) in [6.45, 7) is 4.03. The summed E-state index contributed by atoms with van der Waals surface area (Å²) in [5.41, 5.74) is 1.87. The molecule has 2 aromatic rings. The summed E-state index contributed by atoms with van der Waals surface area (Å²) in [5.74, 6) is 0.940. The highest BCUT2D eigenvalue weighted by atomic mass is 32.1. The molecule has 3 heterocycles. The lowest BCUT2D eigenvalue weighted by Gasteiger charge is -2.30. The zero-order valence-corrected chi connectivity index (χ0v) is 13.0. The Bertz CT molecular complexity index is 603. The van der Waals surface area contributed by atoms with E-state index in [-0.39, 0.29) is 5.91 Å². The third-order valence-electron chi connectivity index (χ3n) is 3.93. The topological polar surface area (TPSA) is 46.1 Å². The second-order valence-electron chi connectivity index (χ2n) is 5.63. The van der Waals surface area contributed by atoms with E-state index < -0.39 is 0 Å². The van der Waals surface area contributed by atoms with Gasteiger partial charge in [0, 0.05) is 36.4 Å². The van der Waals surface area contributed by atoms with Gasteiger partial charge in [-0.05, 0) is 30.9 Å². The fourth-order valence-corrected chi connectivity index (χ4v) is 3.35. The van der Waals surface area contributed by atoms with E-state index >= 15 is 0 Å². The van der Waals surface area contributed by atoms with Gasteiger partial charge in [0.05, 0.1) is 12.1 Å². The second kappa shape index (κ2) is 6.35. The first-order valence-electron chi connectivity index (χ1n) is 7.35. The molecule has 2 aromatic heterocycles. The molecule has 1 aliphatic rings. The maximum Gasteiger partial charge on any atom is 0.228 e. The molecule has 1 saturated heterocycles. The van der Waals surface area contributed by atoms with E-state index in [1.165, 1.54) is 0 Å². The molecule has 0 aromatic carbocycles. The molecule has 5 heteroatoms. The van der Waals surface area contributed by atoms with Crippen LogP contribution >= 0.6 is 11.3 Å². The maximum absolute atomic E-state index is 12.3. The van der Waals surface area contributed by atoms with Crippen LogP contribution in [-0.4, -0.2) is 33.9 Å². The first kappa shape index (κ1) is 14.2. The van der Waals surface area contributed by atoms with E-state index in [0.29, 0.717) is 6.42 Å². The minimum absolute atomic E-state index is 0.199. The number of nitrogens with zero attached hydrogens (tertiary/aromatic N) is 3. The Labute approximate surface area is 128 Å². The third kappa shape index (κ3) is 3.47. The SMILES string of the molecule is CC1CCN(C(=O)Cc2csc(-c3cccnc3)n2)CC1. The number of piperidine rings is 1. The molecule has 0 unspecified atom stereocenters. The lowest BCUT2D eigenvalue weighted by Crippen LogP contribution is -2.38. The van der Waals surface area contributed by atoms with Crippen molar-refractivity contribution in [3.8, 4) is 10.6 Å². The predicted molar refractivity (Wildman–Crippen MR) is 84.0 cm³/mol. The van der Waals surface area contributed by atoms with Gasteiger partial charge in [-0.15, -0.1) is 11.3 Å². The van der Waals surface area contributed by atoms with Crippen molar-refractivity contribution in [2.75, 3.05) is 13.1 Å². The minimum Gasteiger partial charge on any atom is -0.342 e. The molecule has 1 aliphatic heterocycles. The molecule has 0 bridgehead atoms. The van der Waals surface area contributed by atoms with E-state index in [0.717, 1.165) is 48.1 Å². The van der Waals surface area contributed by atoms with Crippen molar-refractivity contribution in [2.45, 2.75) is 26.2 Å². The van der Waals surface area contributed by atoms with E-state index in [1.54, 1.807) is 23.7 Å². The normalized spacial score (nSPS) is 16.1. The number of thiazole rings is 1. The standard InChI is InChI=1S/C16H19N3OS/c1-12-4-7-19(8-5-12)15(20)9-14-11-21-16(18-14)13-3-2-6-17-10-13/h2-3,6,10-12H,4-5,7-9H2,1H3. The van der Waals surface area contributed by atoms with Crippen LogP contribution in [0.1, 0.15) is 25.5 Å². The molecule has 1 fully saturated rings. The number of likely N-dealkylation sites (tertiary alicyclic amines) is 1. The molecule has 0 aliphatic carbocycles. The van der Waals surface area contributed by atoms with Crippen LogP contribution in [0.25, 0.3) is 10.6 Å². The predicted octanol–water partition coefficient (Wildman–Crippen LogP) is 3.01. The second-order valence-corrected chi connectivity index (χ2v) is 6.48. The lowest BCUT2D eigenvalue weighted by molar-refractivity contribution is -0.131. The van der Waals surface area contributed by atoms with Gasteiger partial charge < -0.3 is 4.90 Å². The summed E-state index contributed by atoms with van der Waals surface area (Å²) in [4.78, 5) is 22.9. The largest absolute Gasteiger partial charge is 0.342 e. The van der Waals surface area contributed by atoms with Crippen molar-refractivity contribution in [1.29, 1.82) is 0 Å². The number of rotatable bonds is 3. The minimum atomic E-state index is 0.199. The van der Waals surface area contributed by atoms with Crippen LogP contribution in [-0.2, 0) is 11.2 Å². The number of hydrogen-bond donors (Lipinski definition) is 0. The lowest BCUT2D eigenvalue weighted by atomic mass is 9.99. The molecule has 1 amide bonds. The molecule has 0 spiro atoms. The molecule has 21 heavy (non-hydrogen) atoms. The Hall–Kier alpha value is -1.75. The molecule has 0 radical (unpaired) electrons. The molecule has 4 nitrogen and oxygen atoms in total. The molecule has 0 N–H and O–H groups in total. The summed E-state index contributed by atoms with van der Waals surface area (Å²) in [5, 5.41) is 2.91. The van der Waals surface area contributed by atoms with Crippen molar-refractivity contribution in [1.82, 2.24) is 14.9 Å². The highest BCUT2D eigenvalue weighted by molar-refractivity contribution is 7.13. The van der Waals surface area contributed by atoms with Gasteiger partial charge in [-0.3, -0.25) is 9.78 Å². The summed E-state index contributed by atoms with van der Waals surface area (Å²) < 4.78 is 0. The smallest absolute Gasteiger partial charge is 0.228 e. The van der Waals surface area contributed by atoms with Crippen molar-refractivity contribution in [2.24, 2.45) is 5.92 Å². The van der Waals surface area contributed by atoms with Gasteiger partial charge in [-0.25, -0.2) is 4.98 Å². The van der Waals surface area contributed by atoms with Gasteiger partial charge in [0.1, 0.15) is 5.01 Å². The Morgan fingerprint density at radius 1 is 1.43 bits per heavy atom. The number of carbonyl (C=O) groups excluding carboxylic acids is 1. The summed E-state index contributed by atoms with van der Waals surface area (Å²) >= 11 is 1.57. The van der Waals surface area contributed by atoms with Crippen LogP contribution in [0.5, 0.6) is 0 Å². The Balaban J connectivity index is 1.63. The Kier molecular flexibility index (Phi) is 4.29. The summed E-state index contributed by atoms with van der Waals surface area (Å²) in [6.07, 6.45) is 6.19. The first-order chi connectivity index (χ1) is 10.2. The van der Waals surface area contributed by atoms with Crippen molar-refractivity contribution in [3.63, 3.8) is 0 Å². The average Bonchev–Trinajstić information content (AvgIpc) is 2.97. The fourth-order valence-electron chi connectivity index (χ4n) is 2.53. The van der Waals surface area contributed by atoms with Crippen LogP contribution < -0.4 is 0 Å². The van der Waals surface area contributed by atoms with Gasteiger partial charge in [-0.2, -0.15) is 0 Å². The van der Waals surface area contributed by atoms with E-state index in [2.05, 4.69) is 16.9 Å². The van der Waals surface area contributed by atoms with Crippen LogP contribution in [0.15, 0.2) is 29.9 Å². The molecule has 3 rings (SSSR count). The zero-order chi connectivity index (χ0) is 14.7. The number of amides is 1. The molecule has 110 valence electrons. The van der Waals surface area contributed by atoms with E-state index in [4.69, 9.17) is 0 Å². The highest BCUT2D eigenvalue weighted by Crippen LogP contribution is 2.23. The van der Waals surface area contributed by atoms with E-state index in [9.17, 15) is 4.79 Å². The van der Waals surface area contributed by atoms with Gasteiger partial charge in [0.25, 0.3) is 0 Å². The van der Waals surface area contributed by atoms with E-state index in [1.807, 2.05) is 22.4 Å². The Morgan fingerprint density at radius 3 is 2.95 bits per heavy atom. The third-order valence-corrected chi connectivity index (χ3v) is 4.87. The fraction of sp³-hybridized carbons (Fsp3) is 0.438. The van der Waals surface area contributed by atoms with Gasteiger partial charge in [-0.1, -0.05) is 6.92 Å². The van der Waals surface area contributed by atoms with Gasteiger partial charge in [0.15, 0.2) is 0 Å². The van der Waals surface area contributed by atoms with Gasteiger partial charge >= 0.3 is 0 Å². The van der Waals surface area contributed by atoms with Crippen LogP contribution in [0.2, 0.25) is 0 Å². The number of carbonyl (C=O) groups is 1. The van der Waals surface area contributed by atoms with Crippen molar-refractivity contribution in [3.05, 3.63) is 35.6 Å².